The summed E-state index contributed by atoms with van der Waals surface area (Å²) in [6, 6.07) is 16.8. The smallest absolute Gasteiger partial charge is 0.332 e. The van der Waals surface area contributed by atoms with Gasteiger partial charge in [-0.2, -0.15) is 0 Å². The lowest BCUT2D eigenvalue weighted by Gasteiger charge is -2.29. The fourth-order valence-corrected chi connectivity index (χ4v) is 2.71. The van der Waals surface area contributed by atoms with E-state index in [0.29, 0.717) is 11.1 Å². The molecule has 2 aromatic rings. The number of carboxylic acids is 2. The summed E-state index contributed by atoms with van der Waals surface area (Å²) in [6.45, 7) is 3.46. The van der Waals surface area contributed by atoms with E-state index < -0.39 is 35.1 Å². The van der Waals surface area contributed by atoms with Crippen LogP contribution in [0.5, 0.6) is 0 Å². The van der Waals surface area contributed by atoms with Crippen LogP contribution in [0.1, 0.15) is 22.3 Å². The topological polar surface area (TPSA) is 91.7 Å². The summed E-state index contributed by atoms with van der Waals surface area (Å²) in [6.07, 6.45) is -0.612. The van der Waals surface area contributed by atoms with Crippen LogP contribution in [0.3, 0.4) is 0 Å². The molecule has 0 saturated heterocycles. The summed E-state index contributed by atoms with van der Waals surface area (Å²) in [5.41, 5.74) is -1.47. The summed E-state index contributed by atoms with van der Waals surface area (Å²) in [7, 11) is 0. The van der Waals surface area contributed by atoms with E-state index in [4.69, 9.17) is 0 Å². The normalized spacial score (nSPS) is 12.8. The Hall–Kier alpha value is -3.21. The molecule has 25 heavy (non-hydrogen) atoms. The molecule has 0 amide bonds. The van der Waals surface area contributed by atoms with Gasteiger partial charge in [0.2, 0.25) is 0 Å². The molecule has 1 atom stereocenters. The molecular weight excluding hydrogens is 320 g/mol. The third kappa shape index (κ3) is 4.01. The first kappa shape index (κ1) is 18.1. The summed E-state index contributed by atoms with van der Waals surface area (Å²) in [5, 5.41) is 19.2. The van der Waals surface area contributed by atoms with E-state index in [-0.39, 0.29) is 6.42 Å². The molecule has 0 aromatic heterocycles. The second kappa shape index (κ2) is 7.57. The third-order valence-electron chi connectivity index (χ3n) is 4.15. The van der Waals surface area contributed by atoms with Crippen LogP contribution in [0.15, 0.2) is 72.8 Å². The highest BCUT2D eigenvalue weighted by molar-refractivity contribution is 6.03. The molecule has 0 fully saturated rings. The number of hydrogen-bond acceptors (Lipinski definition) is 3. The van der Waals surface area contributed by atoms with Gasteiger partial charge in [-0.1, -0.05) is 67.2 Å². The summed E-state index contributed by atoms with van der Waals surface area (Å²) < 4.78 is 0. The Morgan fingerprint density at radius 1 is 0.880 bits per heavy atom. The van der Waals surface area contributed by atoms with Crippen LogP contribution in [-0.2, 0) is 16.0 Å². The molecule has 0 saturated carbocycles. The number of hydrogen-bond donors (Lipinski definition) is 2. The highest BCUT2D eigenvalue weighted by Gasteiger charge is 2.46. The molecule has 5 nitrogen and oxygen atoms in total. The largest absolute Gasteiger partial charge is 0.481 e. The first-order valence-electron chi connectivity index (χ1n) is 7.65. The molecule has 0 aliphatic carbocycles. The average Bonchev–Trinajstić information content (AvgIpc) is 2.61. The lowest BCUT2D eigenvalue weighted by molar-refractivity contribution is -0.150. The van der Waals surface area contributed by atoms with Gasteiger partial charge in [-0.3, -0.25) is 9.59 Å². The first-order valence-corrected chi connectivity index (χ1v) is 7.65. The Morgan fingerprint density at radius 2 is 1.40 bits per heavy atom. The van der Waals surface area contributed by atoms with Gasteiger partial charge >= 0.3 is 11.9 Å². The Balaban J connectivity index is 2.46. The van der Waals surface area contributed by atoms with Gasteiger partial charge in [-0.15, -0.1) is 0 Å². The van der Waals surface area contributed by atoms with Crippen molar-refractivity contribution in [2.45, 2.75) is 12.8 Å². The van der Waals surface area contributed by atoms with Gasteiger partial charge in [0.05, 0.1) is 0 Å². The van der Waals surface area contributed by atoms with E-state index in [1.165, 1.54) is 0 Å². The van der Waals surface area contributed by atoms with Crippen molar-refractivity contribution >= 4 is 17.7 Å². The molecule has 0 aliphatic heterocycles. The third-order valence-corrected chi connectivity index (χ3v) is 4.15. The van der Waals surface area contributed by atoms with Crippen LogP contribution >= 0.6 is 0 Å². The van der Waals surface area contributed by atoms with E-state index >= 15 is 0 Å². The second-order valence-electron chi connectivity index (χ2n) is 5.80. The van der Waals surface area contributed by atoms with E-state index in [0.717, 1.165) is 0 Å². The van der Waals surface area contributed by atoms with E-state index in [1.807, 2.05) is 0 Å². The molecule has 1 unspecified atom stereocenters. The molecule has 0 bridgehead atoms. The van der Waals surface area contributed by atoms with Gasteiger partial charge < -0.3 is 10.2 Å². The fourth-order valence-electron chi connectivity index (χ4n) is 2.71. The minimum Gasteiger partial charge on any atom is -0.481 e. The van der Waals surface area contributed by atoms with Crippen LogP contribution in [0.4, 0.5) is 0 Å². The number of ketones is 1. The van der Waals surface area contributed by atoms with Gasteiger partial charge in [0.1, 0.15) is 5.41 Å². The molecule has 2 aromatic carbocycles. The zero-order valence-electron chi connectivity index (χ0n) is 13.5. The van der Waals surface area contributed by atoms with Gasteiger partial charge in [-0.05, 0) is 12.0 Å². The van der Waals surface area contributed by atoms with Crippen molar-refractivity contribution in [1.82, 2.24) is 0 Å². The minimum atomic E-state index is -1.92. The molecule has 2 N–H and O–H groups in total. The molecule has 128 valence electrons. The van der Waals surface area contributed by atoms with Gasteiger partial charge in [0, 0.05) is 17.6 Å². The SMILES string of the molecule is C=C(C(=O)O)C(CC(=O)c1ccccc1)(Cc1ccccc1)C(=O)O. The standard InChI is InChI=1S/C20H18O5/c1-14(18(22)23)20(19(24)25,12-15-8-4-2-5-9-15)13-17(21)16-10-6-3-7-11-16/h2-11H,1,12-13H2,(H,22,23)(H,24,25). The second-order valence-corrected chi connectivity index (χ2v) is 5.80. The van der Waals surface area contributed by atoms with Crippen LogP contribution in [-0.4, -0.2) is 27.9 Å². The van der Waals surface area contributed by atoms with E-state index in [9.17, 15) is 24.6 Å². The Labute approximate surface area is 145 Å². The minimum absolute atomic E-state index is 0.132. The first-order chi connectivity index (χ1) is 11.9. The monoisotopic (exact) mass is 338 g/mol. The molecule has 0 spiro atoms. The predicted molar refractivity (Wildman–Crippen MR) is 92.4 cm³/mol. The molecule has 2 rings (SSSR count). The maximum absolute atomic E-state index is 12.6. The zero-order chi connectivity index (χ0) is 18.4. The van der Waals surface area contributed by atoms with Crippen LogP contribution in [0, 0.1) is 5.41 Å². The highest BCUT2D eigenvalue weighted by atomic mass is 16.4. The zero-order valence-corrected chi connectivity index (χ0v) is 13.5. The van der Waals surface area contributed by atoms with Crippen LogP contribution < -0.4 is 0 Å². The average molecular weight is 338 g/mol. The maximum atomic E-state index is 12.6. The van der Waals surface area contributed by atoms with Crippen LogP contribution in [0.2, 0.25) is 0 Å². The lowest BCUT2D eigenvalue weighted by Crippen LogP contribution is -2.40. The summed E-state index contributed by atoms with van der Waals surface area (Å²) in [5.74, 6) is -3.26. The summed E-state index contributed by atoms with van der Waals surface area (Å²) in [4.78, 5) is 36.1. The van der Waals surface area contributed by atoms with Crippen molar-refractivity contribution in [2.24, 2.45) is 5.41 Å². The Bertz CT molecular complexity index is 795. The van der Waals surface area contributed by atoms with Crippen LogP contribution in [0.25, 0.3) is 0 Å². The van der Waals surface area contributed by atoms with Crippen molar-refractivity contribution in [3.05, 3.63) is 83.9 Å². The van der Waals surface area contributed by atoms with Crippen molar-refractivity contribution < 1.29 is 24.6 Å². The molecule has 0 aliphatic rings. The van der Waals surface area contributed by atoms with E-state index in [2.05, 4.69) is 6.58 Å². The molecule has 0 radical (unpaired) electrons. The van der Waals surface area contributed by atoms with Crippen molar-refractivity contribution in [2.75, 3.05) is 0 Å². The number of aliphatic carboxylic acids is 2. The molecular formula is C20H18O5. The quantitative estimate of drug-likeness (QED) is 0.569. The predicted octanol–water partition coefficient (Wildman–Crippen LogP) is 3.21. The maximum Gasteiger partial charge on any atom is 0.332 e. The number of carbonyl (C=O) groups is 3. The molecule has 5 heteroatoms. The van der Waals surface area contributed by atoms with Crippen molar-refractivity contribution in [3.8, 4) is 0 Å². The summed E-state index contributed by atoms with van der Waals surface area (Å²) >= 11 is 0. The number of carbonyl (C=O) groups excluding carboxylic acids is 1. The number of Topliss-reactive ketones (excluding diaryl/α,β-unsaturated/α-hetero) is 1. The Kier molecular flexibility index (Phi) is 5.49. The number of carboxylic acid groups (broad SMARTS) is 2. The van der Waals surface area contributed by atoms with Crippen molar-refractivity contribution in [3.63, 3.8) is 0 Å². The van der Waals surface area contributed by atoms with E-state index in [1.54, 1.807) is 60.7 Å². The van der Waals surface area contributed by atoms with Gasteiger partial charge in [0.15, 0.2) is 5.78 Å². The van der Waals surface area contributed by atoms with Gasteiger partial charge in [-0.25, -0.2) is 4.79 Å². The fraction of sp³-hybridized carbons (Fsp3) is 0.150. The van der Waals surface area contributed by atoms with Gasteiger partial charge in [0.25, 0.3) is 0 Å². The Morgan fingerprint density at radius 3 is 1.88 bits per heavy atom. The van der Waals surface area contributed by atoms with Crippen molar-refractivity contribution in [1.29, 1.82) is 0 Å². The highest BCUT2D eigenvalue weighted by Crippen LogP contribution is 2.36. The molecule has 0 heterocycles. The number of benzene rings is 2. The lowest BCUT2D eigenvalue weighted by atomic mass is 9.71. The number of rotatable bonds is 8.